The molecule has 1 fully saturated rings. The van der Waals surface area contributed by atoms with Crippen molar-refractivity contribution in [2.24, 2.45) is 5.92 Å². The highest BCUT2D eigenvalue weighted by atomic mass is 19.1. The zero-order chi connectivity index (χ0) is 24.0. The zero-order valence-corrected chi connectivity index (χ0v) is 18.8. The number of nitrogens with zero attached hydrogens (tertiary/aromatic N) is 1. The number of benzene rings is 2. The minimum atomic E-state index is -1.06. The lowest BCUT2D eigenvalue weighted by molar-refractivity contribution is -0.158. The van der Waals surface area contributed by atoms with Crippen molar-refractivity contribution in [2.45, 2.75) is 25.9 Å². The summed E-state index contributed by atoms with van der Waals surface area (Å²) in [6, 6.07) is 10.2. The molecule has 1 heterocycles. The Bertz CT molecular complexity index is 1010. The monoisotopic (exact) mass is 458 g/mol. The number of methoxy groups -OCH3 is 2. The molecule has 3 rings (SSSR count). The van der Waals surface area contributed by atoms with Crippen molar-refractivity contribution in [1.29, 1.82) is 0 Å². The van der Waals surface area contributed by atoms with Crippen LogP contribution in [0.15, 0.2) is 42.5 Å². The van der Waals surface area contributed by atoms with Gasteiger partial charge >= 0.3 is 5.97 Å². The SMILES string of the molecule is COc1ccc(OC)c(NC(=O)C(C)OC(=O)C2CCCN(C(=O)c3ccc(F)cc3)C2)c1. The van der Waals surface area contributed by atoms with Gasteiger partial charge < -0.3 is 24.4 Å². The molecule has 1 aliphatic heterocycles. The van der Waals surface area contributed by atoms with Crippen LogP contribution in [0, 0.1) is 11.7 Å². The van der Waals surface area contributed by atoms with Gasteiger partial charge in [0, 0.05) is 24.7 Å². The van der Waals surface area contributed by atoms with E-state index in [4.69, 9.17) is 14.2 Å². The first-order chi connectivity index (χ1) is 15.8. The quantitative estimate of drug-likeness (QED) is 0.640. The summed E-state index contributed by atoms with van der Waals surface area (Å²) >= 11 is 0. The highest BCUT2D eigenvalue weighted by Crippen LogP contribution is 2.29. The molecule has 2 amide bonds. The van der Waals surface area contributed by atoms with E-state index in [0.29, 0.717) is 42.1 Å². The van der Waals surface area contributed by atoms with Gasteiger partial charge in [-0.25, -0.2) is 4.39 Å². The zero-order valence-electron chi connectivity index (χ0n) is 18.8. The number of carbonyl (C=O) groups excluding carboxylic acids is 3. The highest BCUT2D eigenvalue weighted by Gasteiger charge is 2.32. The van der Waals surface area contributed by atoms with E-state index in [0.717, 1.165) is 0 Å². The van der Waals surface area contributed by atoms with Crippen LogP contribution in [0.3, 0.4) is 0 Å². The lowest BCUT2D eigenvalue weighted by Crippen LogP contribution is -2.44. The fourth-order valence-electron chi connectivity index (χ4n) is 3.60. The summed E-state index contributed by atoms with van der Waals surface area (Å²) < 4.78 is 28.9. The Balaban J connectivity index is 1.59. The fraction of sp³-hybridized carbons (Fsp3) is 0.375. The second-order valence-corrected chi connectivity index (χ2v) is 7.73. The Kier molecular flexibility index (Phi) is 7.87. The van der Waals surface area contributed by atoms with Crippen LogP contribution in [0.2, 0.25) is 0 Å². The van der Waals surface area contributed by atoms with Gasteiger partial charge in [0.05, 0.1) is 25.8 Å². The van der Waals surface area contributed by atoms with Crippen molar-refractivity contribution in [3.8, 4) is 11.5 Å². The summed E-state index contributed by atoms with van der Waals surface area (Å²) in [5, 5.41) is 2.68. The number of hydrogen-bond acceptors (Lipinski definition) is 6. The standard InChI is InChI=1S/C24H27FN2O6/c1-15(22(28)26-20-13-19(31-2)10-11-21(20)32-3)33-24(30)17-5-4-12-27(14-17)23(29)16-6-8-18(25)9-7-16/h6-11,13,15,17H,4-5,12,14H2,1-3H3,(H,26,28). The first-order valence-corrected chi connectivity index (χ1v) is 10.6. The van der Waals surface area contributed by atoms with E-state index in [9.17, 15) is 18.8 Å². The molecule has 1 saturated heterocycles. The van der Waals surface area contributed by atoms with E-state index in [2.05, 4.69) is 5.32 Å². The number of piperidine rings is 1. The average Bonchev–Trinajstić information content (AvgIpc) is 2.83. The molecule has 2 atom stereocenters. The molecular formula is C24H27FN2O6. The molecular weight excluding hydrogens is 431 g/mol. The van der Waals surface area contributed by atoms with E-state index in [1.54, 1.807) is 23.1 Å². The summed E-state index contributed by atoms with van der Waals surface area (Å²) in [6.07, 6.45) is 0.106. The van der Waals surface area contributed by atoms with Crippen molar-refractivity contribution in [2.75, 3.05) is 32.6 Å². The maximum Gasteiger partial charge on any atom is 0.311 e. The number of ether oxygens (including phenoxy) is 3. The Morgan fingerprint density at radius 3 is 2.48 bits per heavy atom. The number of rotatable bonds is 7. The molecule has 176 valence electrons. The number of likely N-dealkylation sites (tertiary alicyclic amines) is 1. The Labute approximate surface area is 191 Å². The summed E-state index contributed by atoms with van der Waals surface area (Å²) in [4.78, 5) is 39.5. The van der Waals surface area contributed by atoms with Crippen LogP contribution in [0.5, 0.6) is 11.5 Å². The number of nitrogens with one attached hydrogen (secondary N) is 1. The molecule has 1 N–H and O–H groups in total. The van der Waals surface area contributed by atoms with Gasteiger partial charge in [0.2, 0.25) is 0 Å². The van der Waals surface area contributed by atoms with Gasteiger partial charge in [-0.3, -0.25) is 14.4 Å². The topological polar surface area (TPSA) is 94.2 Å². The van der Waals surface area contributed by atoms with Crippen molar-refractivity contribution >= 4 is 23.5 Å². The molecule has 9 heteroatoms. The number of amides is 2. The maximum absolute atomic E-state index is 13.1. The lowest BCUT2D eigenvalue weighted by atomic mass is 9.97. The Morgan fingerprint density at radius 2 is 1.82 bits per heavy atom. The number of halogens is 1. The summed E-state index contributed by atoms with van der Waals surface area (Å²) in [7, 11) is 2.98. The average molecular weight is 458 g/mol. The van der Waals surface area contributed by atoms with Gasteiger partial charge in [0.25, 0.3) is 11.8 Å². The van der Waals surface area contributed by atoms with Crippen molar-refractivity contribution in [1.82, 2.24) is 4.90 Å². The van der Waals surface area contributed by atoms with Gasteiger partial charge in [-0.15, -0.1) is 0 Å². The molecule has 33 heavy (non-hydrogen) atoms. The van der Waals surface area contributed by atoms with Gasteiger partial charge in [-0.05, 0) is 56.2 Å². The lowest BCUT2D eigenvalue weighted by Gasteiger charge is -2.32. The molecule has 0 bridgehead atoms. The molecule has 2 unspecified atom stereocenters. The molecule has 0 aromatic heterocycles. The molecule has 1 aliphatic rings. The normalized spacial score (nSPS) is 16.5. The summed E-state index contributed by atoms with van der Waals surface area (Å²) in [6.45, 7) is 2.14. The second kappa shape index (κ2) is 10.8. The molecule has 0 spiro atoms. The van der Waals surface area contributed by atoms with Crippen LogP contribution in [0.4, 0.5) is 10.1 Å². The number of hydrogen-bond donors (Lipinski definition) is 1. The Morgan fingerprint density at radius 1 is 1.09 bits per heavy atom. The van der Waals surface area contributed by atoms with Crippen LogP contribution in [-0.2, 0) is 14.3 Å². The molecule has 0 saturated carbocycles. The van der Waals surface area contributed by atoms with Crippen LogP contribution in [-0.4, -0.2) is 56.1 Å². The van der Waals surface area contributed by atoms with E-state index in [-0.39, 0.29) is 12.5 Å². The van der Waals surface area contributed by atoms with E-state index in [1.165, 1.54) is 45.4 Å². The van der Waals surface area contributed by atoms with Crippen LogP contribution in [0.1, 0.15) is 30.1 Å². The summed E-state index contributed by atoms with van der Waals surface area (Å²) in [5.41, 5.74) is 0.740. The van der Waals surface area contributed by atoms with Gasteiger partial charge in [-0.1, -0.05) is 0 Å². The number of anilines is 1. The van der Waals surface area contributed by atoms with Gasteiger partial charge in [-0.2, -0.15) is 0 Å². The summed E-state index contributed by atoms with van der Waals surface area (Å²) in [5.74, 6) is -1.36. The third kappa shape index (κ3) is 6.00. The van der Waals surface area contributed by atoms with Crippen molar-refractivity contribution < 1.29 is 33.0 Å². The molecule has 2 aromatic carbocycles. The fourth-order valence-corrected chi connectivity index (χ4v) is 3.60. The third-order valence-electron chi connectivity index (χ3n) is 5.46. The predicted octanol–water partition coefficient (Wildman–Crippen LogP) is 3.27. The molecule has 8 nitrogen and oxygen atoms in total. The minimum Gasteiger partial charge on any atom is -0.497 e. The van der Waals surface area contributed by atoms with E-state index >= 15 is 0 Å². The maximum atomic E-state index is 13.1. The second-order valence-electron chi connectivity index (χ2n) is 7.73. The highest BCUT2D eigenvalue weighted by molar-refractivity contribution is 5.97. The smallest absolute Gasteiger partial charge is 0.311 e. The van der Waals surface area contributed by atoms with Crippen molar-refractivity contribution in [3.05, 3.63) is 53.8 Å². The third-order valence-corrected chi connectivity index (χ3v) is 5.46. The van der Waals surface area contributed by atoms with Crippen LogP contribution < -0.4 is 14.8 Å². The van der Waals surface area contributed by atoms with Crippen LogP contribution in [0.25, 0.3) is 0 Å². The molecule has 2 aromatic rings. The van der Waals surface area contributed by atoms with Crippen molar-refractivity contribution in [3.63, 3.8) is 0 Å². The molecule has 0 radical (unpaired) electrons. The van der Waals surface area contributed by atoms with E-state index < -0.39 is 29.7 Å². The van der Waals surface area contributed by atoms with Crippen LogP contribution >= 0.6 is 0 Å². The first-order valence-electron chi connectivity index (χ1n) is 10.6. The predicted molar refractivity (Wildman–Crippen MR) is 119 cm³/mol. The first kappa shape index (κ1) is 24.0. The van der Waals surface area contributed by atoms with E-state index in [1.807, 2.05) is 0 Å². The molecule has 0 aliphatic carbocycles. The van der Waals surface area contributed by atoms with Gasteiger partial charge in [0.15, 0.2) is 6.10 Å². The number of carbonyl (C=O) groups is 3. The largest absolute Gasteiger partial charge is 0.497 e. The number of esters is 1. The Hall–Kier alpha value is -3.62. The minimum absolute atomic E-state index is 0.174. The van der Waals surface area contributed by atoms with Gasteiger partial charge in [0.1, 0.15) is 17.3 Å².